The van der Waals surface area contributed by atoms with E-state index in [0.29, 0.717) is 46.6 Å². The van der Waals surface area contributed by atoms with Crippen LogP contribution in [0.2, 0.25) is 5.02 Å². The number of benzene rings is 1. The summed E-state index contributed by atoms with van der Waals surface area (Å²) in [5.41, 5.74) is 11.6. The molecule has 4 aliphatic rings. The second-order valence-electron chi connectivity index (χ2n) is 13.0. The third-order valence-corrected chi connectivity index (χ3v) is 9.81. The predicted molar refractivity (Wildman–Crippen MR) is 164 cm³/mol. The number of nitriles is 1. The summed E-state index contributed by atoms with van der Waals surface area (Å²) in [6.45, 7) is 7.43. The Morgan fingerprint density at radius 1 is 1.23 bits per heavy atom. The van der Waals surface area contributed by atoms with Gasteiger partial charge in [-0.3, -0.25) is 9.99 Å². The lowest BCUT2D eigenvalue weighted by molar-refractivity contribution is 0.00350. The highest BCUT2D eigenvalue weighted by Gasteiger charge is 2.58. The molecule has 7 rings (SSSR count). The molecule has 0 amide bonds. The number of hydrazine groups is 2. The highest BCUT2D eigenvalue weighted by Crippen LogP contribution is 2.57. The van der Waals surface area contributed by atoms with Crippen LogP contribution in [-0.4, -0.2) is 39.8 Å². The minimum absolute atomic E-state index is 0.0983. The molecular formula is C32H36ClFN8O. The summed E-state index contributed by atoms with van der Waals surface area (Å²) in [5, 5.41) is 20.8. The van der Waals surface area contributed by atoms with E-state index in [0.717, 1.165) is 28.8 Å². The van der Waals surface area contributed by atoms with Gasteiger partial charge in [-0.25, -0.2) is 4.98 Å². The molecule has 2 aromatic heterocycles. The third kappa shape index (κ3) is 5.13. The molecule has 2 aliphatic carbocycles. The molecule has 9 nitrogen and oxygen atoms in total. The number of nitrogens with zero attached hydrogens (tertiary/aromatic N) is 4. The SMILES string of the molecule is Cc1nc(F)ccc1[C@H](Nc1cc(Cl)c2ncc(C#N)c(N[C@@H]3CCOCC3(C)C)c2c1)C1=CN(C2(C3CC3)CC2)NN1. The van der Waals surface area contributed by atoms with Crippen LogP contribution in [-0.2, 0) is 4.74 Å². The zero-order chi connectivity index (χ0) is 29.9. The third-order valence-electron chi connectivity index (χ3n) is 9.53. The zero-order valence-electron chi connectivity index (χ0n) is 24.6. The summed E-state index contributed by atoms with van der Waals surface area (Å²) in [4.78, 5) is 8.67. The largest absolute Gasteiger partial charge is 0.381 e. The van der Waals surface area contributed by atoms with Crippen molar-refractivity contribution in [2.24, 2.45) is 11.3 Å². The average molecular weight is 603 g/mol. The Hall–Kier alpha value is -3.65. The molecule has 2 saturated carbocycles. The Morgan fingerprint density at radius 2 is 2.05 bits per heavy atom. The van der Waals surface area contributed by atoms with Gasteiger partial charge in [-0.15, -0.1) is 5.53 Å². The van der Waals surface area contributed by atoms with Gasteiger partial charge >= 0.3 is 0 Å². The Bertz CT molecular complexity index is 1660. The molecule has 3 fully saturated rings. The number of halogens is 2. The van der Waals surface area contributed by atoms with Gasteiger partial charge in [0, 0.05) is 52.8 Å². The van der Waals surface area contributed by atoms with Gasteiger partial charge in [0.25, 0.3) is 0 Å². The highest BCUT2D eigenvalue weighted by atomic mass is 35.5. The fraction of sp³-hybridized carbons (Fsp3) is 0.469. The molecular weight excluding hydrogens is 567 g/mol. The van der Waals surface area contributed by atoms with E-state index in [9.17, 15) is 9.65 Å². The maximum Gasteiger partial charge on any atom is 0.213 e. The smallest absolute Gasteiger partial charge is 0.213 e. The first-order valence-electron chi connectivity index (χ1n) is 15.0. The van der Waals surface area contributed by atoms with Crippen LogP contribution in [0.3, 0.4) is 0 Å². The lowest BCUT2D eigenvalue weighted by atomic mass is 9.81. The summed E-state index contributed by atoms with van der Waals surface area (Å²) in [7, 11) is 0. The number of anilines is 2. The Kier molecular flexibility index (Phi) is 6.88. The van der Waals surface area contributed by atoms with Crippen LogP contribution >= 0.6 is 11.6 Å². The number of ether oxygens (including phenoxy) is 1. The number of aromatic nitrogens is 2. The van der Waals surface area contributed by atoms with Crippen molar-refractivity contribution in [1.29, 1.82) is 5.26 Å². The quantitative estimate of drug-likeness (QED) is 0.228. The summed E-state index contributed by atoms with van der Waals surface area (Å²) in [6.07, 6.45) is 9.38. The Balaban J connectivity index is 1.28. The van der Waals surface area contributed by atoms with E-state index in [1.807, 2.05) is 19.1 Å². The van der Waals surface area contributed by atoms with Crippen molar-refractivity contribution in [3.8, 4) is 6.07 Å². The van der Waals surface area contributed by atoms with Crippen molar-refractivity contribution in [2.75, 3.05) is 23.8 Å². The Labute approximate surface area is 255 Å². The van der Waals surface area contributed by atoms with Crippen molar-refractivity contribution in [3.05, 3.63) is 70.2 Å². The molecule has 0 bridgehead atoms. The van der Waals surface area contributed by atoms with E-state index in [1.165, 1.54) is 31.7 Å². The van der Waals surface area contributed by atoms with Crippen LogP contribution in [0.5, 0.6) is 0 Å². The average Bonchev–Trinajstić information content (AvgIpc) is 3.91. The molecule has 3 aromatic rings. The summed E-state index contributed by atoms with van der Waals surface area (Å²) in [5.74, 6) is 0.195. The molecule has 0 spiro atoms. The zero-order valence-corrected chi connectivity index (χ0v) is 25.4. The summed E-state index contributed by atoms with van der Waals surface area (Å²) in [6, 6.07) is 9.01. The summed E-state index contributed by atoms with van der Waals surface area (Å²) >= 11 is 6.86. The van der Waals surface area contributed by atoms with Gasteiger partial charge in [0.15, 0.2) is 0 Å². The molecule has 1 aromatic carbocycles. The molecule has 4 N–H and O–H groups in total. The van der Waals surface area contributed by atoms with Gasteiger partial charge in [-0.05, 0) is 63.1 Å². The molecule has 0 unspecified atom stereocenters. The minimum Gasteiger partial charge on any atom is -0.381 e. The van der Waals surface area contributed by atoms with Crippen molar-refractivity contribution in [3.63, 3.8) is 0 Å². The Morgan fingerprint density at radius 3 is 2.74 bits per heavy atom. The fourth-order valence-corrected chi connectivity index (χ4v) is 6.97. The van der Waals surface area contributed by atoms with E-state index in [-0.39, 0.29) is 23.0 Å². The van der Waals surface area contributed by atoms with Gasteiger partial charge < -0.3 is 20.8 Å². The van der Waals surface area contributed by atoms with Gasteiger partial charge in [-0.2, -0.15) is 9.65 Å². The number of aryl methyl sites for hydroxylation is 1. The second kappa shape index (κ2) is 10.5. The monoisotopic (exact) mass is 602 g/mol. The van der Waals surface area contributed by atoms with Gasteiger partial charge in [0.05, 0.1) is 45.7 Å². The standard InChI is InChI=1S/C32H36ClFN8O/c1-18-22(6-7-27(34)37-18)30(25-16-42(41-40-25)32(9-10-32)20-4-5-20)38-21-12-23-28(39-26-8-11-43-17-31(26,2)3)19(14-35)15-36-29(23)24(33)13-21/h6-7,12-13,15-16,20,26,30,38,40-41H,4-5,8-11,17H2,1-3H3,(H,36,39)/t26-,30+/m1/s1. The number of rotatable bonds is 8. The van der Waals surface area contributed by atoms with Crippen molar-refractivity contribution in [2.45, 2.75) is 70.5 Å². The normalized spacial score (nSPS) is 22.8. The van der Waals surface area contributed by atoms with Crippen LogP contribution in [0.25, 0.3) is 10.9 Å². The van der Waals surface area contributed by atoms with Gasteiger partial charge in [-0.1, -0.05) is 31.5 Å². The maximum absolute atomic E-state index is 14.1. The number of hydrogen-bond donors (Lipinski definition) is 4. The minimum atomic E-state index is -0.519. The molecule has 4 heterocycles. The predicted octanol–water partition coefficient (Wildman–Crippen LogP) is 6.09. The number of nitrogens with one attached hydrogen (secondary N) is 4. The van der Waals surface area contributed by atoms with Crippen LogP contribution in [0.15, 0.2) is 42.4 Å². The lowest BCUT2D eigenvalue weighted by Gasteiger charge is -2.39. The van der Waals surface area contributed by atoms with E-state index in [2.05, 4.69) is 62.7 Å². The number of hydrogen-bond acceptors (Lipinski definition) is 9. The van der Waals surface area contributed by atoms with Crippen LogP contribution in [0.4, 0.5) is 15.8 Å². The first kappa shape index (κ1) is 28.1. The van der Waals surface area contributed by atoms with Gasteiger partial charge in [0.1, 0.15) is 6.07 Å². The van der Waals surface area contributed by atoms with E-state index < -0.39 is 5.95 Å². The van der Waals surface area contributed by atoms with Crippen LogP contribution < -0.4 is 21.6 Å². The highest BCUT2D eigenvalue weighted by molar-refractivity contribution is 6.35. The maximum atomic E-state index is 14.1. The van der Waals surface area contributed by atoms with E-state index >= 15 is 0 Å². The molecule has 2 aliphatic heterocycles. The van der Waals surface area contributed by atoms with Crippen molar-refractivity contribution >= 4 is 33.9 Å². The van der Waals surface area contributed by atoms with E-state index in [1.54, 1.807) is 12.3 Å². The van der Waals surface area contributed by atoms with Crippen molar-refractivity contribution in [1.82, 2.24) is 25.9 Å². The number of fused-ring (bicyclic) bond motifs is 1. The first-order valence-corrected chi connectivity index (χ1v) is 15.4. The molecule has 11 heteroatoms. The molecule has 0 radical (unpaired) electrons. The molecule has 224 valence electrons. The van der Waals surface area contributed by atoms with Crippen LogP contribution in [0, 0.1) is 35.5 Å². The van der Waals surface area contributed by atoms with Gasteiger partial charge in [0.2, 0.25) is 5.95 Å². The van der Waals surface area contributed by atoms with Crippen LogP contribution in [0.1, 0.15) is 68.8 Å². The molecule has 1 saturated heterocycles. The first-order chi connectivity index (χ1) is 20.7. The topological polar surface area (TPSA) is 110 Å². The molecule has 2 atom stereocenters. The second-order valence-corrected chi connectivity index (χ2v) is 13.4. The van der Waals surface area contributed by atoms with Crippen molar-refractivity contribution < 1.29 is 9.13 Å². The lowest BCUT2D eigenvalue weighted by Crippen LogP contribution is -2.46. The number of pyridine rings is 2. The summed E-state index contributed by atoms with van der Waals surface area (Å²) < 4.78 is 19.8. The molecule has 43 heavy (non-hydrogen) atoms. The van der Waals surface area contributed by atoms with E-state index in [4.69, 9.17) is 16.3 Å². The fourth-order valence-electron chi connectivity index (χ4n) is 6.70.